The van der Waals surface area contributed by atoms with Gasteiger partial charge in [-0.15, -0.1) is 0 Å². The largest absolute Gasteiger partial charge is 0.458 e. The number of nitrogens with one attached hydrogen (secondary N) is 2. The predicted molar refractivity (Wildman–Crippen MR) is 155 cm³/mol. The lowest BCUT2D eigenvalue weighted by Gasteiger charge is -2.31. The normalized spacial score (nSPS) is 14.5. The molecule has 3 aromatic rings. The second-order valence-corrected chi connectivity index (χ2v) is 11.4. The summed E-state index contributed by atoms with van der Waals surface area (Å²) in [5, 5.41) is 5.41. The van der Waals surface area contributed by atoms with Crippen molar-refractivity contribution in [2.24, 2.45) is 0 Å². The number of esters is 1. The number of carbonyl (C=O) groups is 3. The van der Waals surface area contributed by atoms with Crippen LogP contribution in [0.5, 0.6) is 0 Å². The van der Waals surface area contributed by atoms with E-state index in [1.807, 2.05) is 37.4 Å². The topological polar surface area (TPSA) is 125 Å². The number of sulfonamides is 1. The maximum absolute atomic E-state index is 12.9. The van der Waals surface area contributed by atoms with Crippen LogP contribution in [0.25, 0.3) is 0 Å². The number of anilines is 1. The SMILES string of the molecule is CN1CCN(S(=O)(=O)c2ccc(C(=O)Nc3cccc(C(=O)NC/C=C/C(=O)OCc4ccccc4)c3)cc2)CC1. The minimum atomic E-state index is -3.63. The average Bonchev–Trinajstić information content (AvgIpc) is 2.99. The first kappa shape index (κ1) is 29.7. The molecule has 0 saturated carbocycles. The van der Waals surface area contributed by atoms with Crippen molar-refractivity contribution >= 4 is 33.5 Å². The van der Waals surface area contributed by atoms with Crippen molar-refractivity contribution in [3.8, 4) is 0 Å². The quantitative estimate of drug-likeness (QED) is 0.281. The molecule has 0 atom stereocenters. The van der Waals surface area contributed by atoms with Gasteiger partial charge in [-0.1, -0.05) is 42.5 Å². The molecule has 10 nitrogen and oxygen atoms in total. The fourth-order valence-electron chi connectivity index (χ4n) is 4.08. The Bertz CT molecular complexity index is 1500. The third-order valence-corrected chi connectivity index (χ3v) is 8.37. The van der Waals surface area contributed by atoms with E-state index in [2.05, 4.69) is 15.5 Å². The van der Waals surface area contributed by atoms with Crippen LogP contribution in [0.3, 0.4) is 0 Å². The van der Waals surface area contributed by atoms with Crippen LogP contribution in [0.1, 0.15) is 26.3 Å². The Morgan fingerprint density at radius 1 is 0.854 bits per heavy atom. The molecule has 0 bridgehead atoms. The zero-order valence-electron chi connectivity index (χ0n) is 22.7. The first-order valence-electron chi connectivity index (χ1n) is 13.1. The van der Waals surface area contributed by atoms with E-state index in [9.17, 15) is 22.8 Å². The Morgan fingerprint density at radius 3 is 2.27 bits per heavy atom. The monoisotopic (exact) mass is 576 g/mol. The summed E-state index contributed by atoms with van der Waals surface area (Å²) in [6.07, 6.45) is 2.74. The molecule has 11 heteroatoms. The summed E-state index contributed by atoms with van der Waals surface area (Å²) in [6.45, 7) is 2.44. The summed E-state index contributed by atoms with van der Waals surface area (Å²) in [5.41, 5.74) is 1.87. The molecule has 1 heterocycles. The number of ether oxygens (including phenoxy) is 1. The van der Waals surface area contributed by atoms with Gasteiger partial charge in [0.05, 0.1) is 4.90 Å². The van der Waals surface area contributed by atoms with E-state index in [1.54, 1.807) is 18.2 Å². The van der Waals surface area contributed by atoms with E-state index in [0.29, 0.717) is 37.4 Å². The lowest BCUT2D eigenvalue weighted by Crippen LogP contribution is -2.47. The van der Waals surface area contributed by atoms with Crippen molar-refractivity contribution in [2.45, 2.75) is 11.5 Å². The number of piperazine rings is 1. The Morgan fingerprint density at radius 2 is 1.56 bits per heavy atom. The highest BCUT2D eigenvalue weighted by Gasteiger charge is 2.27. The van der Waals surface area contributed by atoms with Gasteiger partial charge in [-0.3, -0.25) is 9.59 Å². The van der Waals surface area contributed by atoms with Crippen LogP contribution in [-0.4, -0.2) is 75.2 Å². The molecule has 1 saturated heterocycles. The minimum absolute atomic E-state index is 0.110. The highest BCUT2D eigenvalue weighted by Crippen LogP contribution is 2.19. The average molecular weight is 577 g/mol. The van der Waals surface area contributed by atoms with E-state index < -0.39 is 21.9 Å². The molecule has 0 aromatic heterocycles. The van der Waals surface area contributed by atoms with Crippen LogP contribution >= 0.6 is 0 Å². The van der Waals surface area contributed by atoms with Gasteiger partial charge in [-0.25, -0.2) is 13.2 Å². The van der Waals surface area contributed by atoms with Crippen LogP contribution in [0.2, 0.25) is 0 Å². The number of nitrogens with zero attached hydrogens (tertiary/aromatic N) is 2. The second-order valence-electron chi connectivity index (χ2n) is 9.47. The summed E-state index contributed by atoms with van der Waals surface area (Å²) in [6, 6.07) is 21.5. The van der Waals surface area contributed by atoms with Crippen LogP contribution in [0.4, 0.5) is 5.69 Å². The molecule has 2 amide bonds. The first-order valence-corrected chi connectivity index (χ1v) is 14.5. The van der Waals surface area contributed by atoms with Crippen molar-refractivity contribution in [3.05, 3.63) is 108 Å². The van der Waals surface area contributed by atoms with Gasteiger partial charge < -0.3 is 20.3 Å². The van der Waals surface area contributed by atoms with Gasteiger partial charge in [-0.05, 0) is 55.1 Å². The molecule has 41 heavy (non-hydrogen) atoms. The highest BCUT2D eigenvalue weighted by molar-refractivity contribution is 7.89. The summed E-state index contributed by atoms with van der Waals surface area (Å²) < 4.78 is 32.4. The van der Waals surface area contributed by atoms with Crippen LogP contribution in [0, 0.1) is 0 Å². The van der Waals surface area contributed by atoms with Crippen molar-refractivity contribution in [1.82, 2.24) is 14.5 Å². The van der Waals surface area contributed by atoms with Crippen molar-refractivity contribution in [3.63, 3.8) is 0 Å². The molecule has 1 fully saturated rings. The molecular weight excluding hydrogens is 544 g/mol. The number of carbonyl (C=O) groups excluding carboxylic acids is 3. The minimum Gasteiger partial charge on any atom is -0.458 e. The van der Waals surface area contributed by atoms with E-state index in [-0.39, 0.29) is 29.5 Å². The summed E-state index contributed by atoms with van der Waals surface area (Å²) in [7, 11) is -1.68. The molecule has 0 spiro atoms. The standard InChI is InChI=1S/C30H32N4O6S/c1-33-17-19-34(20-18-33)41(38,39)27-14-12-24(13-15-27)30(37)32-26-10-5-9-25(21-26)29(36)31-16-6-11-28(35)40-22-23-7-3-2-4-8-23/h2-15,21H,16-20,22H2,1H3,(H,31,36)(H,32,37)/b11-6+. The maximum Gasteiger partial charge on any atom is 0.330 e. The number of benzene rings is 3. The van der Waals surface area contributed by atoms with Crippen LogP contribution in [-0.2, 0) is 26.2 Å². The Kier molecular flexibility index (Phi) is 10.0. The lowest BCUT2D eigenvalue weighted by atomic mass is 10.1. The number of amides is 2. The molecule has 0 aliphatic carbocycles. The van der Waals surface area contributed by atoms with Crippen molar-refractivity contribution < 1.29 is 27.5 Å². The van der Waals surface area contributed by atoms with Crippen LogP contribution in [0.15, 0.2) is 95.9 Å². The number of likely N-dealkylation sites (N-methyl/N-ethyl adjacent to an activating group) is 1. The van der Waals surface area contributed by atoms with Gasteiger partial charge in [0.2, 0.25) is 10.0 Å². The fourth-order valence-corrected chi connectivity index (χ4v) is 5.51. The van der Waals surface area contributed by atoms with Gasteiger partial charge in [-0.2, -0.15) is 4.31 Å². The van der Waals surface area contributed by atoms with Gasteiger partial charge in [0.1, 0.15) is 6.61 Å². The third-order valence-electron chi connectivity index (χ3n) is 6.46. The number of hydrogen-bond donors (Lipinski definition) is 2. The third kappa shape index (κ3) is 8.34. The second kappa shape index (κ2) is 13.8. The molecule has 3 aromatic carbocycles. The van der Waals surface area contributed by atoms with Crippen LogP contribution < -0.4 is 10.6 Å². The number of hydrogen-bond acceptors (Lipinski definition) is 7. The zero-order chi connectivity index (χ0) is 29.2. The number of rotatable bonds is 10. The summed E-state index contributed by atoms with van der Waals surface area (Å²) in [5.74, 6) is -1.34. The van der Waals surface area contributed by atoms with E-state index in [0.717, 1.165) is 5.56 Å². The van der Waals surface area contributed by atoms with Crippen molar-refractivity contribution in [2.75, 3.05) is 45.1 Å². The molecule has 0 unspecified atom stereocenters. The smallest absolute Gasteiger partial charge is 0.330 e. The fraction of sp³-hybridized carbons (Fsp3) is 0.233. The van der Waals surface area contributed by atoms with E-state index >= 15 is 0 Å². The van der Waals surface area contributed by atoms with Gasteiger partial charge >= 0.3 is 5.97 Å². The molecule has 2 N–H and O–H groups in total. The first-order chi connectivity index (χ1) is 19.7. The summed E-state index contributed by atoms with van der Waals surface area (Å²) in [4.78, 5) is 39.4. The maximum atomic E-state index is 12.9. The Balaban J connectivity index is 1.27. The predicted octanol–water partition coefficient (Wildman–Crippen LogP) is 2.90. The molecular formula is C30H32N4O6S. The van der Waals surface area contributed by atoms with Gasteiger partial charge in [0.15, 0.2) is 0 Å². The Hall–Kier alpha value is -4.32. The highest BCUT2D eigenvalue weighted by atomic mass is 32.2. The summed E-state index contributed by atoms with van der Waals surface area (Å²) >= 11 is 0. The molecule has 0 radical (unpaired) electrons. The van der Waals surface area contributed by atoms with E-state index in [1.165, 1.54) is 46.8 Å². The zero-order valence-corrected chi connectivity index (χ0v) is 23.5. The molecule has 1 aliphatic heterocycles. The Labute approximate surface area is 239 Å². The van der Waals surface area contributed by atoms with E-state index in [4.69, 9.17) is 4.74 Å². The molecule has 214 valence electrons. The van der Waals surface area contributed by atoms with Crippen molar-refractivity contribution in [1.29, 1.82) is 0 Å². The molecule has 4 rings (SSSR count). The van der Waals surface area contributed by atoms with Gasteiger partial charge in [0.25, 0.3) is 11.8 Å². The molecule has 1 aliphatic rings. The van der Waals surface area contributed by atoms with Gasteiger partial charge in [0, 0.05) is 55.6 Å². The lowest BCUT2D eigenvalue weighted by molar-refractivity contribution is -0.139.